The predicted molar refractivity (Wildman–Crippen MR) is 187 cm³/mol. The SMILES string of the molecule is CC(C)(C)CCN=C(N)N(C(=O)c1ccc(-c2cnn(C(F)F)c2)cc1)[C@H](COC(=O)NC1(CC(F)F)CC1)c1ccc(Cl)c(-n2ncnc2C(F)F)c1. The lowest BCUT2D eigenvalue weighted by atomic mass is 9.92. The molecule has 0 bridgehead atoms. The third-order valence-corrected chi connectivity index (χ3v) is 8.99. The van der Waals surface area contributed by atoms with Crippen LogP contribution in [0.1, 0.15) is 87.2 Å². The van der Waals surface area contributed by atoms with Crippen LogP contribution in [0.25, 0.3) is 16.8 Å². The molecule has 0 spiro atoms. The molecule has 0 unspecified atom stereocenters. The third-order valence-electron chi connectivity index (χ3n) is 8.67. The fourth-order valence-electron chi connectivity index (χ4n) is 5.56. The molecule has 1 fully saturated rings. The largest absolute Gasteiger partial charge is 0.447 e. The number of carbonyl (C=O) groups is 2. The van der Waals surface area contributed by atoms with Crippen molar-refractivity contribution in [1.82, 2.24) is 34.8 Å². The predicted octanol–water partition coefficient (Wildman–Crippen LogP) is 7.97. The maximum absolute atomic E-state index is 14.5. The van der Waals surface area contributed by atoms with Gasteiger partial charge in [-0.1, -0.05) is 50.6 Å². The lowest BCUT2D eigenvalue weighted by molar-refractivity contribution is 0.0566. The second-order valence-electron chi connectivity index (χ2n) is 13.9. The highest BCUT2D eigenvalue weighted by molar-refractivity contribution is 6.32. The molecule has 0 saturated heterocycles. The van der Waals surface area contributed by atoms with Crippen molar-refractivity contribution in [2.45, 2.75) is 77.4 Å². The van der Waals surface area contributed by atoms with E-state index in [2.05, 4.69) is 25.5 Å². The van der Waals surface area contributed by atoms with E-state index in [0.29, 0.717) is 35.1 Å². The fourth-order valence-corrected chi connectivity index (χ4v) is 5.76. The molecule has 0 radical (unpaired) electrons. The van der Waals surface area contributed by atoms with Gasteiger partial charge >= 0.3 is 12.6 Å². The summed E-state index contributed by atoms with van der Waals surface area (Å²) in [6.07, 6.45) is -2.82. The number of carbonyl (C=O) groups excluding carboxylic acids is 2. The molecule has 5 rings (SSSR count). The van der Waals surface area contributed by atoms with E-state index >= 15 is 0 Å². The molecule has 54 heavy (non-hydrogen) atoms. The molecule has 1 aliphatic rings. The molecule has 2 amide bonds. The second-order valence-corrected chi connectivity index (χ2v) is 14.4. The number of hydrogen-bond donors (Lipinski definition) is 2. The van der Waals surface area contributed by atoms with Crippen LogP contribution in [-0.4, -0.2) is 72.5 Å². The van der Waals surface area contributed by atoms with Gasteiger partial charge < -0.3 is 15.8 Å². The van der Waals surface area contributed by atoms with Crippen LogP contribution in [0.5, 0.6) is 0 Å². The minimum Gasteiger partial charge on any atom is -0.447 e. The van der Waals surface area contributed by atoms with Gasteiger partial charge in [0.15, 0.2) is 11.8 Å². The minimum absolute atomic E-state index is 0.0123. The third kappa shape index (κ3) is 9.89. The van der Waals surface area contributed by atoms with Gasteiger partial charge in [-0.05, 0) is 60.1 Å². The van der Waals surface area contributed by atoms with E-state index in [1.165, 1.54) is 48.7 Å². The first-order valence-corrected chi connectivity index (χ1v) is 17.1. The summed E-state index contributed by atoms with van der Waals surface area (Å²) in [7, 11) is 0. The molecule has 2 heterocycles. The van der Waals surface area contributed by atoms with Crippen molar-refractivity contribution in [3.8, 4) is 16.8 Å². The van der Waals surface area contributed by atoms with Gasteiger partial charge in [-0.2, -0.15) is 19.0 Å². The lowest BCUT2D eigenvalue weighted by Crippen LogP contribution is -2.47. The first-order chi connectivity index (χ1) is 25.5. The number of halogens is 7. The number of nitrogens with two attached hydrogens (primary N) is 1. The standard InChI is InChI=1S/C35H38ClF6N9O3/c1-34(2,3)12-13-44-32(43)50(30(52)21-6-4-20(5-7-21)23-16-46-49(17-23)31(41)42)26(18-54-33(53)48-35(10-11-35)15-27(37)38)22-8-9-24(36)25(14-22)51-29(28(39)40)45-19-47-51/h4-9,14,16-17,19,26-28,31H,10-13,15,18H2,1-3H3,(H2,43,44)(H,48,53)/t26-/m1/s1. The summed E-state index contributed by atoms with van der Waals surface area (Å²) in [5.74, 6) is -1.74. The smallest absolute Gasteiger partial charge is 0.407 e. The van der Waals surface area contributed by atoms with E-state index in [4.69, 9.17) is 22.1 Å². The molecular weight excluding hydrogens is 744 g/mol. The topological polar surface area (TPSA) is 146 Å². The van der Waals surface area contributed by atoms with Gasteiger partial charge in [0.05, 0.1) is 22.9 Å². The van der Waals surface area contributed by atoms with Crippen molar-refractivity contribution in [2.75, 3.05) is 13.2 Å². The molecular formula is C35H38ClF6N9O3. The highest BCUT2D eigenvalue weighted by atomic mass is 35.5. The van der Waals surface area contributed by atoms with E-state index in [1.807, 2.05) is 20.8 Å². The Morgan fingerprint density at radius 1 is 1.06 bits per heavy atom. The average molecular weight is 782 g/mol. The van der Waals surface area contributed by atoms with Crippen LogP contribution < -0.4 is 11.1 Å². The van der Waals surface area contributed by atoms with Gasteiger partial charge in [0.25, 0.3) is 12.3 Å². The van der Waals surface area contributed by atoms with Gasteiger partial charge in [-0.25, -0.2) is 36.7 Å². The molecule has 2 aromatic heterocycles. The molecule has 290 valence electrons. The highest BCUT2D eigenvalue weighted by Crippen LogP contribution is 2.41. The monoisotopic (exact) mass is 781 g/mol. The Labute approximate surface area is 311 Å². The van der Waals surface area contributed by atoms with Gasteiger partial charge in [-0.15, -0.1) is 0 Å². The second kappa shape index (κ2) is 16.5. The summed E-state index contributed by atoms with van der Waals surface area (Å²) < 4.78 is 87.3. The van der Waals surface area contributed by atoms with Crippen LogP contribution in [0, 0.1) is 5.41 Å². The zero-order valence-corrected chi connectivity index (χ0v) is 30.2. The van der Waals surface area contributed by atoms with Crippen molar-refractivity contribution in [3.05, 3.63) is 83.2 Å². The Hall–Kier alpha value is -5.13. The number of alkyl halides is 6. The Morgan fingerprint density at radius 3 is 2.35 bits per heavy atom. The lowest BCUT2D eigenvalue weighted by Gasteiger charge is -2.32. The summed E-state index contributed by atoms with van der Waals surface area (Å²) >= 11 is 6.45. The number of hydrogen-bond acceptors (Lipinski definition) is 7. The Morgan fingerprint density at radius 2 is 1.76 bits per heavy atom. The first-order valence-electron chi connectivity index (χ1n) is 16.7. The molecule has 1 aliphatic carbocycles. The molecule has 19 heteroatoms. The number of nitrogens with one attached hydrogen (secondary N) is 1. The molecule has 2 aromatic carbocycles. The normalized spacial score (nSPS) is 14.8. The van der Waals surface area contributed by atoms with Crippen LogP contribution >= 0.6 is 11.6 Å². The summed E-state index contributed by atoms with van der Waals surface area (Å²) in [5, 5.41) is 10.0. The Kier molecular flexibility index (Phi) is 12.2. The number of rotatable bonds is 14. The van der Waals surface area contributed by atoms with Crippen molar-refractivity contribution >= 4 is 29.6 Å². The maximum atomic E-state index is 14.5. The molecule has 12 nitrogen and oxygen atoms in total. The minimum atomic E-state index is -3.03. The molecule has 4 aromatic rings. The van der Waals surface area contributed by atoms with Crippen molar-refractivity contribution in [2.24, 2.45) is 16.1 Å². The fraction of sp³-hybridized carbons (Fsp3) is 0.429. The quantitative estimate of drug-likeness (QED) is 0.0750. The number of ether oxygens (including phenoxy) is 1. The van der Waals surface area contributed by atoms with Gasteiger partial charge in [0.2, 0.25) is 6.43 Å². The van der Waals surface area contributed by atoms with E-state index < -0.39 is 61.8 Å². The zero-order chi connectivity index (χ0) is 39.4. The number of guanidine groups is 1. The van der Waals surface area contributed by atoms with Gasteiger partial charge in [-0.3, -0.25) is 14.7 Å². The van der Waals surface area contributed by atoms with Crippen molar-refractivity contribution < 1.29 is 40.7 Å². The number of alkyl carbamates (subject to hydrolysis) is 1. The summed E-state index contributed by atoms with van der Waals surface area (Å²) in [4.78, 5) is 36.7. The highest BCUT2D eigenvalue weighted by Gasteiger charge is 2.46. The van der Waals surface area contributed by atoms with Crippen LogP contribution in [0.3, 0.4) is 0 Å². The number of aromatic nitrogens is 5. The van der Waals surface area contributed by atoms with E-state index in [-0.39, 0.29) is 39.8 Å². The molecule has 3 N–H and O–H groups in total. The van der Waals surface area contributed by atoms with Crippen LogP contribution in [0.2, 0.25) is 5.02 Å². The van der Waals surface area contributed by atoms with Gasteiger partial charge in [0, 0.05) is 35.8 Å². The first kappa shape index (κ1) is 40.1. The van der Waals surface area contributed by atoms with Gasteiger partial charge in [0.1, 0.15) is 12.9 Å². The zero-order valence-electron chi connectivity index (χ0n) is 29.4. The average Bonchev–Trinajstić information content (AvgIpc) is 3.46. The summed E-state index contributed by atoms with van der Waals surface area (Å²) in [6.45, 7) is 2.67. The van der Waals surface area contributed by atoms with E-state index in [1.54, 1.807) is 0 Å². The number of amides is 2. The van der Waals surface area contributed by atoms with Crippen LogP contribution in [-0.2, 0) is 4.74 Å². The van der Waals surface area contributed by atoms with Crippen molar-refractivity contribution in [1.29, 1.82) is 0 Å². The van der Waals surface area contributed by atoms with Crippen LogP contribution in [0.4, 0.5) is 31.1 Å². The van der Waals surface area contributed by atoms with E-state index in [9.17, 15) is 35.9 Å². The Balaban J connectivity index is 1.56. The number of nitrogens with zero attached hydrogens (tertiary/aromatic N) is 7. The molecule has 1 atom stereocenters. The Bertz CT molecular complexity index is 1960. The summed E-state index contributed by atoms with van der Waals surface area (Å²) in [5.41, 5.74) is 6.27. The maximum Gasteiger partial charge on any atom is 0.407 e. The van der Waals surface area contributed by atoms with Crippen LogP contribution in [0.15, 0.2) is 66.2 Å². The molecule has 1 saturated carbocycles. The molecule has 0 aliphatic heterocycles. The van der Waals surface area contributed by atoms with E-state index in [0.717, 1.165) is 22.1 Å². The van der Waals surface area contributed by atoms with Crippen molar-refractivity contribution in [3.63, 3.8) is 0 Å². The summed E-state index contributed by atoms with van der Waals surface area (Å²) in [6, 6.07) is 8.75. The number of benzene rings is 2. The number of aliphatic imine (C=N–C) groups is 1.